The van der Waals surface area contributed by atoms with Crippen LogP contribution in [0, 0.1) is 0 Å². The van der Waals surface area contributed by atoms with E-state index in [4.69, 9.17) is 20.4 Å². The minimum Gasteiger partial charge on any atom is -0.378 e. The topological polar surface area (TPSA) is 131 Å². The Balaban J connectivity index is 1.52. The van der Waals surface area contributed by atoms with Gasteiger partial charge >= 0.3 is 0 Å². The van der Waals surface area contributed by atoms with Gasteiger partial charge in [-0.1, -0.05) is 0 Å². The van der Waals surface area contributed by atoms with E-state index in [0.717, 1.165) is 55.1 Å². The number of fused-ring (bicyclic) bond motifs is 1. The van der Waals surface area contributed by atoms with E-state index in [1.54, 1.807) is 23.6 Å². The standard InChI is InChI=1S/C20H28N8O3S/c1-2-32(29,30)27-5-3-15(13-27)28-6-4-16-17(14-11-22-19(21)23-12-14)24-20(25-18(16)28)26-7-9-31-10-8-26/h11-12,15H,2-10,13H2,1H3,(H2,21,22,23). The molecule has 0 radical (unpaired) electrons. The van der Waals surface area contributed by atoms with Crippen LogP contribution < -0.4 is 15.5 Å². The second kappa shape index (κ2) is 8.41. The molecule has 0 saturated carbocycles. The molecule has 3 aliphatic heterocycles. The first-order chi connectivity index (χ1) is 15.5. The smallest absolute Gasteiger partial charge is 0.228 e. The number of nitrogens with zero attached hydrogens (tertiary/aromatic N) is 7. The number of nitrogen functional groups attached to an aromatic ring is 1. The van der Waals surface area contributed by atoms with Crippen LogP contribution in [0.3, 0.4) is 0 Å². The van der Waals surface area contributed by atoms with Crippen molar-refractivity contribution in [3.63, 3.8) is 0 Å². The molecule has 3 aliphatic rings. The number of nitrogens with two attached hydrogens (primary N) is 1. The third kappa shape index (κ3) is 3.86. The second-order valence-electron chi connectivity index (χ2n) is 8.25. The highest BCUT2D eigenvalue weighted by Crippen LogP contribution is 2.38. The maximum absolute atomic E-state index is 12.4. The van der Waals surface area contributed by atoms with Crippen LogP contribution in [0.15, 0.2) is 12.4 Å². The molecule has 5 rings (SSSR count). The SMILES string of the molecule is CCS(=O)(=O)N1CCC(N2CCc3c(-c4cnc(N)nc4)nc(N4CCOCC4)nc32)C1. The number of ether oxygens (including phenoxy) is 1. The summed E-state index contributed by atoms with van der Waals surface area (Å²) in [6.07, 6.45) is 4.97. The average molecular weight is 461 g/mol. The Hall–Kier alpha value is -2.57. The Labute approximate surface area is 187 Å². The van der Waals surface area contributed by atoms with Crippen LogP contribution in [0.1, 0.15) is 18.9 Å². The molecular weight excluding hydrogens is 432 g/mol. The van der Waals surface area contributed by atoms with Crippen molar-refractivity contribution in [3.05, 3.63) is 18.0 Å². The molecule has 0 aromatic carbocycles. The number of aromatic nitrogens is 4. The third-order valence-electron chi connectivity index (χ3n) is 6.41. The summed E-state index contributed by atoms with van der Waals surface area (Å²) in [6, 6.07) is 0.0977. The maximum atomic E-state index is 12.4. The largest absolute Gasteiger partial charge is 0.378 e. The van der Waals surface area contributed by atoms with Crippen molar-refractivity contribution >= 4 is 27.7 Å². The molecule has 172 valence electrons. The average Bonchev–Trinajstić information content (AvgIpc) is 3.47. The van der Waals surface area contributed by atoms with Crippen molar-refractivity contribution < 1.29 is 13.2 Å². The minimum absolute atomic E-state index is 0.0977. The lowest BCUT2D eigenvalue weighted by Gasteiger charge is -2.30. The molecule has 1 unspecified atom stereocenters. The Morgan fingerprint density at radius 1 is 1.12 bits per heavy atom. The molecule has 12 heteroatoms. The van der Waals surface area contributed by atoms with Gasteiger partial charge in [-0.3, -0.25) is 0 Å². The second-order valence-corrected chi connectivity index (χ2v) is 10.5. The van der Waals surface area contributed by atoms with Gasteiger partial charge in [0.15, 0.2) is 0 Å². The van der Waals surface area contributed by atoms with E-state index in [-0.39, 0.29) is 17.7 Å². The molecule has 1 atom stereocenters. The third-order valence-corrected chi connectivity index (χ3v) is 8.26. The van der Waals surface area contributed by atoms with Crippen molar-refractivity contribution in [1.82, 2.24) is 24.2 Å². The summed E-state index contributed by atoms with van der Waals surface area (Å²) < 4.78 is 31.8. The van der Waals surface area contributed by atoms with Gasteiger partial charge in [-0.05, 0) is 19.8 Å². The summed E-state index contributed by atoms with van der Waals surface area (Å²) in [7, 11) is -3.19. The van der Waals surface area contributed by atoms with Gasteiger partial charge in [-0.25, -0.2) is 23.4 Å². The zero-order valence-corrected chi connectivity index (χ0v) is 19.0. The molecular formula is C20H28N8O3S. The van der Waals surface area contributed by atoms with Crippen molar-refractivity contribution in [2.24, 2.45) is 0 Å². The number of hydrogen-bond acceptors (Lipinski definition) is 10. The summed E-state index contributed by atoms with van der Waals surface area (Å²) in [4.78, 5) is 22.6. The van der Waals surface area contributed by atoms with Gasteiger partial charge in [0.2, 0.25) is 21.9 Å². The summed E-state index contributed by atoms with van der Waals surface area (Å²) in [5.74, 6) is 1.88. The van der Waals surface area contributed by atoms with Crippen LogP contribution in [0.4, 0.5) is 17.7 Å². The van der Waals surface area contributed by atoms with E-state index in [1.165, 1.54) is 0 Å². The molecule has 0 amide bonds. The molecule has 2 fully saturated rings. The van der Waals surface area contributed by atoms with Crippen molar-refractivity contribution in [2.75, 3.05) is 67.2 Å². The van der Waals surface area contributed by atoms with Crippen LogP contribution in [0.2, 0.25) is 0 Å². The van der Waals surface area contributed by atoms with Gasteiger partial charge < -0.3 is 20.3 Å². The van der Waals surface area contributed by atoms with E-state index in [9.17, 15) is 8.42 Å². The highest BCUT2D eigenvalue weighted by atomic mass is 32.2. The zero-order valence-electron chi connectivity index (χ0n) is 18.1. The summed E-state index contributed by atoms with van der Waals surface area (Å²) in [5, 5.41) is 0. The van der Waals surface area contributed by atoms with Gasteiger partial charge in [0.1, 0.15) is 5.82 Å². The number of rotatable bonds is 5. The molecule has 11 nitrogen and oxygen atoms in total. The zero-order chi connectivity index (χ0) is 22.3. The molecule has 2 aromatic heterocycles. The van der Waals surface area contributed by atoms with Crippen LogP contribution in [-0.2, 0) is 21.2 Å². The highest BCUT2D eigenvalue weighted by molar-refractivity contribution is 7.89. The predicted molar refractivity (Wildman–Crippen MR) is 121 cm³/mol. The van der Waals surface area contributed by atoms with E-state index in [1.807, 2.05) is 0 Å². The van der Waals surface area contributed by atoms with Crippen LogP contribution in [0.5, 0.6) is 0 Å². The van der Waals surface area contributed by atoms with Crippen LogP contribution >= 0.6 is 0 Å². The van der Waals surface area contributed by atoms with Crippen LogP contribution in [-0.4, -0.2) is 90.4 Å². The fraction of sp³-hybridized carbons (Fsp3) is 0.600. The normalized spacial score (nSPS) is 21.8. The van der Waals surface area contributed by atoms with E-state index >= 15 is 0 Å². The fourth-order valence-electron chi connectivity index (χ4n) is 4.63. The minimum atomic E-state index is -3.19. The van der Waals surface area contributed by atoms with E-state index < -0.39 is 10.0 Å². The fourth-order valence-corrected chi connectivity index (χ4v) is 5.77. The summed E-state index contributed by atoms with van der Waals surface area (Å²) in [6.45, 7) is 6.24. The predicted octanol–water partition coefficient (Wildman–Crippen LogP) is 0.139. The first-order valence-electron chi connectivity index (χ1n) is 11.0. The van der Waals surface area contributed by atoms with E-state index in [2.05, 4.69) is 19.8 Å². The summed E-state index contributed by atoms with van der Waals surface area (Å²) >= 11 is 0. The van der Waals surface area contributed by atoms with Gasteiger partial charge in [0.05, 0.1) is 24.7 Å². The molecule has 5 heterocycles. The van der Waals surface area contributed by atoms with Gasteiger partial charge in [0.25, 0.3) is 0 Å². The Morgan fingerprint density at radius 2 is 1.88 bits per heavy atom. The van der Waals surface area contributed by atoms with Crippen molar-refractivity contribution in [3.8, 4) is 11.3 Å². The number of hydrogen-bond donors (Lipinski definition) is 1. The Morgan fingerprint density at radius 3 is 2.59 bits per heavy atom. The lowest BCUT2D eigenvalue weighted by molar-refractivity contribution is 0.122. The number of morpholine rings is 1. The molecule has 2 aromatic rings. The lowest BCUT2D eigenvalue weighted by atomic mass is 10.1. The van der Waals surface area contributed by atoms with E-state index in [0.29, 0.717) is 32.3 Å². The maximum Gasteiger partial charge on any atom is 0.228 e. The van der Waals surface area contributed by atoms with Gasteiger partial charge in [0, 0.05) is 62.3 Å². The molecule has 2 saturated heterocycles. The van der Waals surface area contributed by atoms with Crippen LogP contribution in [0.25, 0.3) is 11.3 Å². The molecule has 0 bridgehead atoms. The quantitative estimate of drug-likeness (QED) is 0.657. The first kappa shape index (κ1) is 21.3. The lowest BCUT2D eigenvalue weighted by Crippen LogP contribution is -2.40. The van der Waals surface area contributed by atoms with Crippen molar-refractivity contribution in [2.45, 2.75) is 25.8 Å². The Bertz CT molecular complexity index is 1090. The number of anilines is 3. The first-order valence-corrected chi connectivity index (χ1v) is 12.6. The molecule has 0 aliphatic carbocycles. The monoisotopic (exact) mass is 460 g/mol. The highest BCUT2D eigenvalue weighted by Gasteiger charge is 2.38. The molecule has 32 heavy (non-hydrogen) atoms. The molecule has 0 spiro atoms. The van der Waals surface area contributed by atoms with Crippen molar-refractivity contribution in [1.29, 1.82) is 0 Å². The van der Waals surface area contributed by atoms with Gasteiger partial charge in [-0.2, -0.15) is 9.29 Å². The Kier molecular flexibility index (Phi) is 5.59. The molecule has 2 N–H and O–H groups in total. The van der Waals surface area contributed by atoms with Gasteiger partial charge in [-0.15, -0.1) is 0 Å². The number of sulfonamides is 1. The summed E-state index contributed by atoms with van der Waals surface area (Å²) in [5.41, 5.74) is 8.35.